The van der Waals surface area contributed by atoms with Gasteiger partial charge in [0.2, 0.25) is 5.91 Å². The molecule has 0 rings (SSSR count). The molecule has 158 valence electrons. The number of amides is 1. The van der Waals surface area contributed by atoms with Gasteiger partial charge >= 0.3 is 5.97 Å². The van der Waals surface area contributed by atoms with Gasteiger partial charge in [0.05, 0.1) is 6.04 Å². The van der Waals surface area contributed by atoms with E-state index in [9.17, 15) is 14.4 Å². The van der Waals surface area contributed by atoms with Crippen molar-refractivity contribution >= 4 is 17.7 Å². The second-order valence-corrected chi connectivity index (χ2v) is 9.44. The van der Waals surface area contributed by atoms with Gasteiger partial charge in [-0.2, -0.15) is 0 Å². The molecule has 0 aliphatic rings. The number of rotatable bonds is 12. The highest BCUT2D eigenvalue weighted by Crippen LogP contribution is 2.27. The molecule has 0 saturated carbocycles. The molecule has 0 unspecified atom stereocenters. The molecule has 5 N–H and O–H groups in total. The first kappa shape index (κ1) is 25.5. The van der Waals surface area contributed by atoms with Gasteiger partial charge in [-0.15, -0.1) is 0 Å². The number of carboxylic acids is 1. The minimum absolute atomic E-state index is 0.0245. The average molecular weight is 386 g/mol. The van der Waals surface area contributed by atoms with Crippen LogP contribution in [0.5, 0.6) is 0 Å². The number of aliphatic carboxylic acids is 1. The van der Waals surface area contributed by atoms with Gasteiger partial charge in [-0.05, 0) is 45.4 Å². The molecule has 0 aromatic carbocycles. The summed E-state index contributed by atoms with van der Waals surface area (Å²) in [5.74, 6) is -1.33. The summed E-state index contributed by atoms with van der Waals surface area (Å²) in [4.78, 5) is 35.5. The molecule has 0 aliphatic carbocycles. The monoisotopic (exact) mass is 385 g/mol. The lowest BCUT2D eigenvalue weighted by Gasteiger charge is -2.27. The van der Waals surface area contributed by atoms with Crippen LogP contribution in [0.4, 0.5) is 0 Å². The molecular weight excluding hydrogens is 346 g/mol. The van der Waals surface area contributed by atoms with Crippen molar-refractivity contribution in [3.8, 4) is 0 Å². The maximum atomic E-state index is 12.4. The zero-order valence-corrected chi connectivity index (χ0v) is 17.9. The summed E-state index contributed by atoms with van der Waals surface area (Å²) in [5.41, 5.74) is 5.43. The maximum absolute atomic E-state index is 12.4. The smallest absolute Gasteiger partial charge is 0.303 e. The van der Waals surface area contributed by atoms with E-state index in [2.05, 4.69) is 10.6 Å². The molecule has 0 aromatic heterocycles. The topological polar surface area (TPSA) is 122 Å². The Kier molecular flexibility index (Phi) is 10.8. The van der Waals surface area contributed by atoms with Gasteiger partial charge < -0.3 is 21.5 Å². The molecule has 0 spiro atoms. The van der Waals surface area contributed by atoms with Crippen molar-refractivity contribution in [2.24, 2.45) is 17.1 Å². The van der Waals surface area contributed by atoms with Crippen molar-refractivity contribution in [3.63, 3.8) is 0 Å². The van der Waals surface area contributed by atoms with Crippen molar-refractivity contribution in [2.45, 2.75) is 85.2 Å². The molecule has 7 nitrogen and oxygen atoms in total. The highest BCUT2D eigenvalue weighted by Gasteiger charge is 2.26. The molecule has 0 saturated heterocycles. The van der Waals surface area contributed by atoms with Gasteiger partial charge in [0.1, 0.15) is 0 Å². The van der Waals surface area contributed by atoms with Crippen molar-refractivity contribution in [3.05, 3.63) is 0 Å². The van der Waals surface area contributed by atoms with E-state index >= 15 is 0 Å². The van der Waals surface area contributed by atoms with Gasteiger partial charge in [0.25, 0.3) is 0 Å². The lowest BCUT2D eigenvalue weighted by atomic mass is 9.82. The van der Waals surface area contributed by atoms with Crippen molar-refractivity contribution in [1.29, 1.82) is 0 Å². The molecule has 0 radical (unpaired) electrons. The lowest BCUT2D eigenvalue weighted by Crippen LogP contribution is -2.51. The minimum Gasteiger partial charge on any atom is -0.481 e. The summed E-state index contributed by atoms with van der Waals surface area (Å²) in [6.07, 6.45) is 1.79. The Hall–Kier alpha value is -1.47. The van der Waals surface area contributed by atoms with E-state index in [-0.39, 0.29) is 47.6 Å². The molecule has 7 heteroatoms. The van der Waals surface area contributed by atoms with Gasteiger partial charge in [0.15, 0.2) is 5.78 Å². The summed E-state index contributed by atoms with van der Waals surface area (Å²) in [5, 5.41) is 15.0. The Morgan fingerprint density at radius 1 is 1.04 bits per heavy atom. The highest BCUT2D eigenvalue weighted by molar-refractivity contribution is 5.84. The van der Waals surface area contributed by atoms with E-state index in [1.165, 1.54) is 0 Å². The maximum Gasteiger partial charge on any atom is 0.303 e. The first-order valence-corrected chi connectivity index (χ1v) is 9.75. The summed E-state index contributed by atoms with van der Waals surface area (Å²) >= 11 is 0. The van der Waals surface area contributed by atoms with Gasteiger partial charge in [-0.25, -0.2) is 0 Å². The number of nitrogens with two attached hydrogens (primary N) is 1. The van der Waals surface area contributed by atoms with E-state index < -0.39 is 5.97 Å². The third kappa shape index (κ3) is 13.4. The fraction of sp³-hybridized carbons (Fsp3) is 0.850. The number of carbonyl (C=O) groups excluding carboxylic acids is 2. The fourth-order valence-electron chi connectivity index (χ4n) is 2.95. The summed E-state index contributed by atoms with van der Waals surface area (Å²) in [6, 6.07) is -0.384. The summed E-state index contributed by atoms with van der Waals surface area (Å²) < 4.78 is 0. The minimum atomic E-state index is -0.897. The zero-order valence-electron chi connectivity index (χ0n) is 17.9. The molecule has 0 aliphatic heterocycles. The lowest BCUT2D eigenvalue weighted by molar-refractivity contribution is -0.137. The largest absolute Gasteiger partial charge is 0.481 e. The fourth-order valence-corrected chi connectivity index (χ4v) is 2.95. The third-order valence-corrected chi connectivity index (χ3v) is 4.07. The van der Waals surface area contributed by atoms with E-state index in [1.807, 2.05) is 41.5 Å². The van der Waals surface area contributed by atoms with Crippen LogP contribution in [0.2, 0.25) is 0 Å². The van der Waals surface area contributed by atoms with E-state index in [0.29, 0.717) is 32.2 Å². The van der Waals surface area contributed by atoms with E-state index in [4.69, 9.17) is 10.8 Å². The molecule has 27 heavy (non-hydrogen) atoms. The van der Waals surface area contributed by atoms with Crippen LogP contribution < -0.4 is 16.4 Å². The van der Waals surface area contributed by atoms with Crippen LogP contribution in [0.25, 0.3) is 0 Å². The Morgan fingerprint density at radius 2 is 1.63 bits per heavy atom. The van der Waals surface area contributed by atoms with Crippen LogP contribution in [0, 0.1) is 11.3 Å². The van der Waals surface area contributed by atoms with E-state index in [1.54, 1.807) is 0 Å². The number of ketones is 1. The molecular formula is C20H39N3O4. The van der Waals surface area contributed by atoms with Gasteiger partial charge in [-0.3, -0.25) is 14.4 Å². The number of carbonyl (C=O) groups is 3. The molecule has 0 fully saturated rings. The molecule has 2 atom stereocenters. The SMILES string of the molecule is CC(C)(C)C[C@@H](CCC(=O)O)C(=O)NCCCC(=O)[C@H](CN)NC(C)(C)C. The summed E-state index contributed by atoms with van der Waals surface area (Å²) in [6.45, 7) is 12.7. The Morgan fingerprint density at radius 3 is 2.07 bits per heavy atom. The Labute approximate surface area is 163 Å². The average Bonchev–Trinajstić information content (AvgIpc) is 2.50. The normalized spacial score (nSPS) is 14.5. The second kappa shape index (κ2) is 11.4. The van der Waals surface area contributed by atoms with Gasteiger partial charge in [-0.1, -0.05) is 20.8 Å². The van der Waals surface area contributed by atoms with Gasteiger partial charge in [0, 0.05) is 37.4 Å². The summed E-state index contributed by atoms with van der Waals surface area (Å²) in [7, 11) is 0. The van der Waals surface area contributed by atoms with Crippen LogP contribution in [-0.4, -0.2) is 47.4 Å². The van der Waals surface area contributed by atoms with Crippen LogP contribution in [-0.2, 0) is 14.4 Å². The third-order valence-electron chi connectivity index (χ3n) is 4.07. The van der Waals surface area contributed by atoms with Crippen molar-refractivity contribution in [2.75, 3.05) is 13.1 Å². The van der Waals surface area contributed by atoms with Crippen LogP contribution in [0.15, 0.2) is 0 Å². The zero-order chi connectivity index (χ0) is 21.3. The highest BCUT2D eigenvalue weighted by atomic mass is 16.4. The second-order valence-electron chi connectivity index (χ2n) is 9.44. The Bertz CT molecular complexity index is 492. The number of nitrogens with one attached hydrogen (secondary N) is 2. The number of hydrogen-bond donors (Lipinski definition) is 4. The predicted molar refractivity (Wildman–Crippen MR) is 107 cm³/mol. The predicted octanol–water partition coefficient (Wildman–Crippen LogP) is 2.08. The molecule has 0 aromatic rings. The Balaban J connectivity index is 4.47. The van der Waals surface area contributed by atoms with Crippen molar-refractivity contribution < 1.29 is 19.5 Å². The van der Waals surface area contributed by atoms with Crippen LogP contribution in [0.3, 0.4) is 0 Å². The van der Waals surface area contributed by atoms with E-state index in [0.717, 1.165) is 0 Å². The van der Waals surface area contributed by atoms with Crippen molar-refractivity contribution in [1.82, 2.24) is 10.6 Å². The first-order chi connectivity index (χ1) is 12.2. The molecule has 0 bridgehead atoms. The van der Waals surface area contributed by atoms with Crippen LogP contribution >= 0.6 is 0 Å². The number of Topliss-reactive ketones (excluding diaryl/α,β-unsaturated/α-hetero) is 1. The van der Waals surface area contributed by atoms with Crippen LogP contribution in [0.1, 0.15) is 73.6 Å². The standard InChI is InChI=1S/C20H39N3O4/c1-19(2,3)12-14(9-10-17(25)26)18(27)22-11-7-8-16(24)15(13-21)23-20(4,5)6/h14-15,23H,7-13,21H2,1-6H3,(H,22,27)(H,25,26)/t14-,15+/m1/s1. The first-order valence-electron chi connectivity index (χ1n) is 9.75. The molecule has 1 amide bonds. The quantitative estimate of drug-likeness (QED) is 0.382. The number of hydrogen-bond acceptors (Lipinski definition) is 5. The molecule has 0 heterocycles. The number of carboxylic acid groups (broad SMARTS) is 1.